The van der Waals surface area contributed by atoms with Gasteiger partial charge in [-0.15, -0.1) is 6.42 Å². The first kappa shape index (κ1) is 11.6. The van der Waals surface area contributed by atoms with E-state index in [9.17, 15) is 0 Å². The number of rotatable bonds is 5. The molecular formula is C12H21NO. The van der Waals surface area contributed by atoms with Gasteiger partial charge in [0.2, 0.25) is 0 Å². The zero-order chi connectivity index (χ0) is 10.2. The fourth-order valence-electron chi connectivity index (χ4n) is 1.79. The Morgan fingerprint density at radius 2 is 2.43 bits per heavy atom. The van der Waals surface area contributed by atoms with Gasteiger partial charge >= 0.3 is 0 Å². The van der Waals surface area contributed by atoms with Crippen LogP contribution in [0, 0.1) is 12.3 Å². The van der Waals surface area contributed by atoms with Gasteiger partial charge in [0.15, 0.2) is 0 Å². The third-order valence-electron chi connectivity index (χ3n) is 2.61. The largest absolute Gasteiger partial charge is 0.378 e. The first-order valence-corrected chi connectivity index (χ1v) is 5.68. The van der Waals surface area contributed by atoms with Gasteiger partial charge in [0.05, 0.1) is 12.1 Å². The Labute approximate surface area is 87.4 Å². The molecule has 1 aliphatic rings. The lowest BCUT2D eigenvalue weighted by Crippen LogP contribution is -2.34. The molecule has 1 rings (SSSR count). The molecule has 1 saturated heterocycles. The molecule has 1 fully saturated rings. The normalized spacial score (nSPS) is 24.1. The van der Waals surface area contributed by atoms with Gasteiger partial charge in [-0.05, 0) is 32.2 Å². The minimum Gasteiger partial charge on any atom is -0.378 e. The van der Waals surface area contributed by atoms with Crippen molar-refractivity contribution in [2.75, 3.05) is 13.2 Å². The molecule has 2 nitrogen and oxygen atoms in total. The molecule has 0 spiro atoms. The van der Waals surface area contributed by atoms with Gasteiger partial charge in [-0.3, -0.25) is 0 Å². The molecular weight excluding hydrogens is 174 g/mol. The Hall–Kier alpha value is -0.520. The zero-order valence-electron chi connectivity index (χ0n) is 9.09. The maximum Gasteiger partial charge on any atom is 0.0711 e. The monoisotopic (exact) mass is 195 g/mol. The maximum absolute atomic E-state index is 5.65. The summed E-state index contributed by atoms with van der Waals surface area (Å²) in [6.07, 6.45) is 11.6. The van der Waals surface area contributed by atoms with E-state index in [4.69, 9.17) is 11.2 Å². The quantitative estimate of drug-likeness (QED) is 0.677. The topological polar surface area (TPSA) is 21.3 Å². The van der Waals surface area contributed by atoms with Crippen molar-refractivity contribution in [1.29, 1.82) is 0 Å². The highest BCUT2D eigenvalue weighted by Crippen LogP contribution is 2.16. The predicted octanol–water partition coefficient (Wildman–Crippen LogP) is 1.95. The first-order valence-electron chi connectivity index (χ1n) is 5.68. The van der Waals surface area contributed by atoms with Gasteiger partial charge in [-0.2, -0.15) is 0 Å². The molecule has 0 saturated carbocycles. The highest BCUT2D eigenvalue weighted by Gasteiger charge is 2.17. The lowest BCUT2D eigenvalue weighted by atomic mass is 10.0. The molecule has 0 amide bonds. The zero-order valence-corrected chi connectivity index (χ0v) is 9.09. The predicted molar refractivity (Wildman–Crippen MR) is 59.1 cm³/mol. The number of hydrogen-bond donors (Lipinski definition) is 1. The van der Waals surface area contributed by atoms with E-state index in [-0.39, 0.29) is 6.04 Å². The van der Waals surface area contributed by atoms with Crippen LogP contribution in [0.1, 0.15) is 39.0 Å². The van der Waals surface area contributed by atoms with Crippen molar-refractivity contribution >= 4 is 0 Å². The number of ether oxygens (including phenoxy) is 1. The van der Waals surface area contributed by atoms with Crippen LogP contribution >= 0.6 is 0 Å². The summed E-state index contributed by atoms with van der Waals surface area (Å²) < 4.78 is 5.65. The van der Waals surface area contributed by atoms with Gasteiger partial charge in [-0.1, -0.05) is 12.8 Å². The molecule has 0 radical (unpaired) electrons. The van der Waals surface area contributed by atoms with Crippen LogP contribution in [0.3, 0.4) is 0 Å². The highest BCUT2D eigenvalue weighted by atomic mass is 16.5. The van der Waals surface area contributed by atoms with Crippen LogP contribution in [0.25, 0.3) is 0 Å². The molecule has 2 atom stereocenters. The fourth-order valence-corrected chi connectivity index (χ4v) is 1.79. The van der Waals surface area contributed by atoms with Crippen molar-refractivity contribution in [3.63, 3.8) is 0 Å². The summed E-state index contributed by atoms with van der Waals surface area (Å²) in [6.45, 7) is 4.06. The Bertz CT molecular complexity index is 179. The molecule has 0 aromatic rings. The van der Waals surface area contributed by atoms with E-state index in [0.717, 1.165) is 26.0 Å². The average molecular weight is 195 g/mol. The standard InChI is InChI=1S/C12H21NO/c1-3-8-13-11(4-2)10-12-7-5-6-9-14-12/h2,11-13H,3,5-10H2,1H3. The third kappa shape index (κ3) is 4.13. The van der Waals surface area contributed by atoms with Crippen molar-refractivity contribution < 1.29 is 4.74 Å². The summed E-state index contributed by atoms with van der Waals surface area (Å²) in [5, 5.41) is 3.35. The second-order valence-electron chi connectivity index (χ2n) is 3.90. The molecule has 0 aromatic carbocycles. The second kappa shape index (κ2) is 6.86. The molecule has 0 aromatic heterocycles. The second-order valence-corrected chi connectivity index (χ2v) is 3.90. The van der Waals surface area contributed by atoms with Crippen molar-refractivity contribution in [3.05, 3.63) is 0 Å². The van der Waals surface area contributed by atoms with Crippen LogP contribution < -0.4 is 5.32 Å². The van der Waals surface area contributed by atoms with E-state index in [0.29, 0.717) is 6.10 Å². The van der Waals surface area contributed by atoms with Crippen LogP contribution in [-0.2, 0) is 4.74 Å². The van der Waals surface area contributed by atoms with Crippen LogP contribution in [0.2, 0.25) is 0 Å². The molecule has 14 heavy (non-hydrogen) atoms. The van der Waals surface area contributed by atoms with Crippen LogP contribution in [-0.4, -0.2) is 25.3 Å². The summed E-state index contributed by atoms with van der Waals surface area (Å²) in [5.74, 6) is 2.79. The van der Waals surface area contributed by atoms with Gasteiger partial charge < -0.3 is 10.1 Å². The van der Waals surface area contributed by atoms with E-state index < -0.39 is 0 Å². The van der Waals surface area contributed by atoms with Crippen molar-refractivity contribution in [2.24, 2.45) is 0 Å². The third-order valence-corrected chi connectivity index (χ3v) is 2.61. The average Bonchev–Trinajstić information content (AvgIpc) is 2.25. The van der Waals surface area contributed by atoms with Crippen molar-refractivity contribution in [2.45, 2.75) is 51.2 Å². The van der Waals surface area contributed by atoms with Crippen LogP contribution in [0.4, 0.5) is 0 Å². The summed E-state index contributed by atoms with van der Waals surface area (Å²) in [5.41, 5.74) is 0. The molecule has 1 N–H and O–H groups in total. The SMILES string of the molecule is C#CC(CC1CCCCO1)NCCC. The van der Waals surface area contributed by atoms with Gasteiger partial charge in [-0.25, -0.2) is 0 Å². The van der Waals surface area contributed by atoms with Crippen molar-refractivity contribution in [1.82, 2.24) is 5.32 Å². The van der Waals surface area contributed by atoms with Gasteiger partial charge in [0, 0.05) is 13.0 Å². The molecule has 80 valence electrons. The molecule has 1 aliphatic heterocycles. The van der Waals surface area contributed by atoms with E-state index in [1.807, 2.05) is 0 Å². The molecule has 0 bridgehead atoms. The maximum atomic E-state index is 5.65. The number of hydrogen-bond acceptors (Lipinski definition) is 2. The first-order chi connectivity index (χ1) is 6.86. The number of terminal acetylenes is 1. The van der Waals surface area contributed by atoms with Crippen LogP contribution in [0.5, 0.6) is 0 Å². The Kier molecular flexibility index (Phi) is 5.66. The lowest BCUT2D eigenvalue weighted by molar-refractivity contribution is 0.00836. The summed E-state index contributed by atoms with van der Waals surface area (Å²) in [6, 6.07) is 0.193. The Morgan fingerprint density at radius 3 is 3.00 bits per heavy atom. The van der Waals surface area contributed by atoms with E-state index in [2.05, 4.69) is 18.2 Å². The summed E-state index contributed by atoms with van der Waals surface area (Å²) >= 11 is 0. The molecule has 2 unspecified atom stereocenters. The molecule has 2 heteroatoms. The Morgan fingerprint density at radius 1 is 1.57 bits per heavy atom. The van der Waals surface area contributed by atoms with Crippen molar-refractivity contribution in [3.8, 4) is 12.3 Å². The van der Waals surface area contributed by atoms with Gasteiger partial charge in [0.1, 0.15) is 0 Å². The molecule has 1 heterocycles. The van der Waals surface area contributed by atoms with Crippen LogP contribution in [0.15, 0.2) is 0 Å². The minimum absolute atomic E-state index is 0.193. The highest BCUT2D eigenvalue weighted by molar-refractivity contribution is 4.99. The fraction of sp³-hybridized carbons (Fsp3) is 0.833. The van der Waals surface area contributed by atoms with E-state index in [1.54, 1.807) is 0 Å². The number of nitrogens with one attached hydrogen (secondary N) is 1. The van der Waals surface area contributed by atoms with Gasteiger partial charge in [0.25, 0.3) is 0 Å². The lowest BCUT2D eigenvalue weighted by Gasteiger charge is -2.25. The smallest absolute Gasteiger partial charge is 0.0711 e. The summed E-state index contributed by atoms with van der Waals surface area (Å²) in [4.78, 5) is 0. The van der Waals surface area contributed by atoms with E-state index in [1.165, 1.54) is 19.3 Å². The van der Waals surface area contributed by atoms with E-state index >= 15 is 0 Å². The minimum atomic E-state index is 0.193. The Balaban J connectivity index is 2.21. The summed E-state index contributed by atoms with van der Waals surface area (Å²) in [7, 11) is 0. The molecule has 0 aliphatic carbocycles.